The molecule has 0 radical (unpaired) electrons. The van der Waals surface area contributed by atoms with Crippen molar-refractivity contribution in [1.29, 1.82) is 0 Å². The van der Waals surface area contributed by atoms with Crippen molar-refractivity contribution in [2.45, 2.75) is 59.8 Å². The predicted molar refractivity (Wildman–Crippen MR) is 76.8 cm³/mol. The van der Waals surface area contributed by atoms with Crippen molar-refractivity contribution in [3.8, 4) is 0 Å². The Balaban J connectivity index is 2.14. The smallest absolute Gasteiger partial charge is 0.141 e. The molecule has 1 saturated heterocycles. The van der Waals surface area contributed by atoms with E-state index in [4.69, 9.17) is 0 Å². The lowest BCUT2D eigenvalue weighted by Gasteiger charge is -2.45. The van der Waals surface area contributed by atoms with Gasteiger partial charge in [0.25, 0.3) is 0 Å². The van der Waals surface area contributed by atoms with Crippen LogP contribution in [0.25, 0.3) is 0 Å². The van der Waals surface area contributed by atoms with Crippen LogP contribution >= 0.6 is 0 Å². The number of aryl methyl sites for hydroxylation is 1. The molecule has 1 fully saturated rings. The summed E-state index contributed by atoms with van der Waals surface area (Å²) in [6.45, 7) is 15.2. The van der Waals surface area contributed by atoms with Gasteiger partial charge in [-0.15, -0.1) is 0 Å². The Morgan fingerprint density at radius 1 is 1.42 bits per heavy atom. The molecule has 0 bridgehead atoms. The van der Waals surface area contributed by atoms with Gasteiger partial charge in [0.2, 0.25) is 0 Å². The third kappa shape index (κ3) is 3.34. The van der Waals surface area contributed by atoms with Gasteiger partial charge in [-0.2, -0.15) is 5.10 Å². The summed E-state index contributed by atoms with van der Waals surface area (Å²) < 4.78 is 1.99. The standard InChI is InChI=1S/C14H27N5/c1-6-19-13(16-10-17-19)9-18-8-11(2)15-7-12(18)14(3,4)5/h10-12,15H,6-9H2,1-5H3. The minimum atomic E-state index is 0.268. The fourth-order valence-electron chi connectivity index (χ4n) is 2.87. The Labute approximate surface area is 116 Å². The van der Waals surface area contributed by atoms with Gasteiger partial charge >= 0.3 is 0 Å². The van der Waals surface area contributed by atoms with Gasteiger partial charge in [-0.25, -0.2) is 9.67 Å². The highest BCUT2D eigenvalue weighted by molar-refractivity contribution is 4.95. The van der Waals surface area contributed by atoms with Crippen LogP contribution in [-0.4, -0.2) is 44.8 Å². The van der Waals surface area contributed by atoms with Crippen LogP contribution in [0.4, 0.5) is 0 Å². The fourth-order valence-corrected chi connectivity index (χ4v) is 2.87. The monoisotopic (exact) mass is 265 g/mol. The zero-order valence-electron chi connectivity index (χ0n) is 12.8. The molecular weight excluding hydrogens is 238 g/mol. The molecule has 2 unspecified atom stereocenters. The van der Waals surface area contributed by atoms with Crippen LogP contribution in [-0.2, 0) is 13.1 Å². The summed E-state index contributed by atoms with van der Waals surface area (Å²) >= 11 is 0. The van der Waals surface area contributed by atoms with Crippen LogP contribution in [0.3, 0.4) is 0 Å². The van der Waals surface area contributed by atoms with Crippen molar-refractivity contribution >= 4 is 0 Å². The predicted octanol–water partition coefficient (Wildman–Crippen LogP) is 1.51. The minimum absolute atomic E-state index is 0.268. The van der Waals surface area contributed by atoms with Gasteiger partial charge in [0.05, 0.1) is 6.54 Å². The van der Waals surface area contributed by atoms with E-state index in [-0.39, 0.29) is 5.41 Å². The number of nitrogens with one attached hydrogen (secondary N) is 1. The van der Waals surface area contributed by atoms with Gasteiger partial charge < -0.3 is 5.32 Å². The third-order valence-corrected chi connectivity index (χ3v) is 3.95. The summed E-state index contributed by atoms with van der Waals surface area (Å²) in [6, 6.07) is 1.07. The maximum atomic E-state index is 4.41. The molecule has 108 valence electrons. The van der Waals surface area contributed by atoms with Gasteiger partial charge in [0.15, 0.2) is 0 Å². The summed E-state index contributed by atoms with van der Waals surface area (Å²) in [5.41, 5.74) is 0.268. The first-order valence-corrected chi connectivity index (χ1v) is 7.26. The maximum absolute atomic E-state index is 4.41. The Kier molecular flexibility index (Phi) is 4.26. The third-order valence-electron chi connectivity index (χ3n) is 3.95. The second-order valence-corrected chi connectivity index (χ2v) is 6.61. The van der Waals surface area contributed by atoms with E-state index in [1.54, 1.807) is 6.33 Å². The molecule has 2 rings (SSSR count). The zero-order chi connectivity index (χ0) is 14.0. The van der Waals surface area contributed by atoms with Crippen molar-refractivity contribution in [1.82, 2.24) is 25.0 Å². The van der Waals surface area contributed by atoms with Crippen LogP contribution in [0, 0.1) is 5.41 Å². The Hall–Kier alpha value is -0.940. The molecule has 0 aromatic carbocycles. The van der Waals surface area contributed by atoms with Crippen LogP contribution in [0.15, 0.2) is 6.33 Å². The Bertz CT molecular complexity index is 406. The van der Waals surface area contributed by atoms with Crippen LogP contribution in [0.2, 0.25) is 0 Å². The number of nitrogens with zero attached hydrogens (tertiary/aromatic N) is 4. The molecule has 0 saturated carbocycles. The molecule has 0 spiro atoms. The lowest BCUT2D eigenvalue weighted by molar-refractivity contribution is 0.0494. The summed E-state index contributed by atoms with van der Waals surface area (Å²) in [5.74, 6) is 1.07. The molecule has 19 heavy (non-hydrogen) atoms. The summed E-state index contributed by atoms with van der Waals surface area (Å²) in [6.07, 6.45) is 1.66. The molecular formula is C14H27N5. The number of aromatic nitrogens is 3. The summed E-state index contributed by atoms with van der Waals surface area (Å²) in [5, 5.41) is 7.86. The average molecular weight is 265 g/mol. The van der Waals surface area contributed by atoms with Crippen LogP contribution in [0.1, 0.15) is 40.4 Å². The zero-order valence-corrected chi connectivity index (χ0v) is 12.8. The largest absolute Gasteiger partial charge is 0.311 e. The molecule has 0 aliphatic carbocycles. The number of piperazine rings is 1. The highest BCUT2D eigenvalue weighted by Gasteiger charge is 2.34. The highest BCUT2D eigenvalue weighted by Crippen LogP contribution is 2.27. The number of rotatable bonds is 3. The van der Waals surface area contributed by atoms with Gasteiger partial charge in [0, 0.05) is 31.7 Å². The highest BCUT2D eigenvalue weighted by atomic mass is 15.4. The lowest BCUT2D eigenvalue weighted by atomic mass is 9.84. The SMILES string of the molecule is CCn1ncnc1CN1CC(C)NCC1C(C)(C)C. The van der Waals surface area contributed by atoms with E-state index in [1.807, 2.05) is 4.68 Å². The second kappa shape index (κ2) is 5.59. The molecule has 5 nitrogen and oxygen atoms in total. The van der Waals surface area contributed by atoms with Crippen molar-refractivity contribution < 1.29 is 0 Å². The van der Waals surface area contributed by atoms with Gasteiger partial charge in [-0.05, 0) is 19.3 Å². The maximum Gasteiger partial charge on any atom is 0.141 e. The van der Waals surface area contributed by atoms with Gasteiger partial charge in [-0.1, -0.05) is 20.8 Å². The van der Waals surface area contributed by atoms with Crippen molar-refractivity contribution in [3.05, 3.63) is 12.2 Å². The molecule has 5 heteroatoms. The van der Waals surface area contributed by atoms with Crippen molar-refractivity contribution in [2.24, 2.45) is 5.41 Å². The summed E-state index contributed by atoms with van der Waals surface area (Å²) in [4.78, 5) is 6.97. The quantitative estimate of drug-likeness (QED) is 0.900. The van der Waals surface area contributed by atoms with Crippen LogP contribution in [0.5, 0.6) is 0 Å². The first-order valence-electron chi connectivity index (χ1n) is 7.26. The van der Waals surface area contributed by atoms with E-state index in [0.717, 1.165) is 32.0 Å². The average Bonchev–Trinajstić information content (AvgIpc) is 2.74. The van der Waals surface area contributed by atoms with E-state index in [0.29, 0.717) is 12.1 Å². The number of hydrogen-bond acceptors (Lipinski definition) is 4. The normalized spacial score (nSPS) is 25.7. The number of hydrogen-bond donors (Lipinski definition) is 1. The molecule has 0 amide bonds. The fraction of sp³-hybridized carbons (Fsp3) is 0.857. The van der Waals surface area contributed by atoms with Gasteiger partial charge in [-0.3, -0.25) is 4.90 Å². The summed E-state index contributed by atoms with van der Waals surface area (Å²) in [7, 11) is 0. The van der Waals surface area contributed by atoms with Crippen LogP contribution < -0.4 is 5.32 Å². The Morgan fingerprint density at radius 3 is 2.79 bits per heavy atom. The van der Waals surface area contributed by atoms with E-state index >= 15 is 0 Å². The molecule has 2 heterocycles. The van der Waals surface area contributed by atoms with E-state index in [2.05, 4.69) is 54.9 Å². The molecule has 1 aromatic heterocycles. The molecule has 1 aliphatic heterocycles. The molecule has 2 atom stereocenters. The lowest BCUT2D eigenvalue weighted by Crippen LogP contribution is -2.59. The molecule has 1 N–H and O–H groups in total. The van der Waals surface area contributed by atoms with Crippen molar-refractivity contribution in [3.63, 3.8) is 0 Å². The Morgan fingerprint density at radius 2 is 2.16 bits per heavy atom. The molecule has 1 aliphatic rings. The van der Waals surface area contributed by atoms with Gasteiger partial charge in [0.1, 0.15) is 12.2 Å². The second-order valence-electron chi connectivity index (χ2n) is 6.61. The van der Waals surface area contributed by atoms with E-state index < -0.39 is 0 Å². The van der Waals surface area contributed by atoms with E-state index in [1.165, 1.54) is 0 Å². The topological polar surface area (TPSA) is 46.0 Å². The van der Waals surface area contributed by atoms with E-state index in [9.17, 15) is 0 Å². The van der Waals surface area contributed by atoms with Crippen molar-refractivity contribution in [2.75, 3.05) is 13.1 Å². The minimum Gasteiger partial charge on any atom is -0.311 e. The molecule has 1 aromatic rings. The first-order chi connectivity index (χ1) is 8.91. The first kappa shape index (κ1) is 14.5.